The monoisotopic (exact) mass is 368 g/mol. The summed E-state index contributed by atoms with van der Waals surface area (Å²) in [6.07, 6.45) is 1.29. The second-order valence-electron chi connectivity index (χ2n) is 3.32. The third-order valence-electron chi connectivity index (χ3n) is 2.15. The number of nitrogens with one attached hydrogen (secondary N) is 2. The fourth-order valence-electron chi connectivity index (χ4n) is 1.32. The molecular formula is C11H6Br2N4O. The van der Waals surface area contributed by atoms with Gasteiger partial charge in [-0.25, -0.2) is 4.98 Å². The number of halogens is 2. The minimum Gasteiger partial charge on any atom is -0.338 e. The lowest BCUT2D eigenvalue weighted by molar-refractivity contribution is 1.10. The Hall–Kier alpha value is -1.65. The van der Waals surface area contributed by atoms with Crippen LogP contribution in [0.1, 0.15) is 5.56 Å². The first-order valence-corrected chi connectivity index (χ1v) is 6.40. The molecule has 0 atom stereocenters. The summed E-state index contributed by atoms with van der Waals surface area (Å²) in [4.78, 5) is 17.8. The summed E-state index contributed by atoms with van der Waals surface area (Å²) in [7, 11) is 0. The molecule has 0 radical (unpaired) electrons. The maximum Gasteiger partial charge on any atom is 0.267 e. The van der Waals surface area contributed by atoms with Gasteiger partial charge < -0.3 is 10.3 Å². The first-order chi connectivity index (χ1) is 8.61. The molecule has 1 aromatic carbocycles. The van der Waals surface area contributed by atoms with Crippen molar-refractivity contribution in [2.45, 2.75) is 0 Å². The van der Waals surface area contributed by atoms with Crippen LogP contribution in [-0.4, -0.2) is 9.97 Å². The van der Waals surface area contributed by atoms with Gasteiger partial charge in [-0.3, -0.25) is 4.79 Å². The first kappa shape index (κ1) is 12.8. The van der Waals surface area contributed by atoms with E-state index in [-0.39, 0.29) is 10.0 Å². The molecule has 2 N–H and O–H groups in total. The zero-order valence-electron chi connectivity index (χ0n) is 8.87. The number of H-pyrrole nitrogens is 1. The highest BCUT2D eigenvalue weighted by Gasteiger charge is 2.08. The van der Waals surface area contributed by atoms with Crippen LogP contribution in [-0.2, 0) is 0 Å². The highest BCUT2D eigenvalue weighted by molar-refractivity contribution is 9.10. The molecule has 5 nitrogen and oxygen atoms in total. The van der Waals surface area contributed by atoms with E-state index in [0.717, 1.165) is 4.47 Å². The summed E-state index contributed by atoms with van der Waals surface area (Å²) in [5, 5.41) is 11.9. The molecule has 0 fully saturated rings. The molecule has 0 aliphatic heterocycles. The molecule has 18 heavy (non-hydrogen) atoms. The summed E-state index contributed by atoms with van der Waals surface area (Å²) in [5.74, 6) is 0.355. The third kappa shape index (κ3) is 2.60. The van der Waals surface area contributed by atoms with Crippen molar-refractivity contribution in [2.75, 3.05) is 5.32 Å². The van der Waals surface area contributed by atoms with Crippen LogP contribution in [0.15, 0.2) is 38.3 Å². The van der Waals surface area contributed by atoms with Gasteiger partial charge in [0, 0.05) is 4.47 Å². The maximum absolute atomic E-state index is 11.4. The quantitative estimate of drug-likeness (QED) is 0.852. The number of nitriles is 1. The average molecular weight is 370 g/mol. The van der Waals surface area contributed by atoms with Crippen molar-refractivity contribution in [1.82, 2.24) is 9.97 Å². The van der Waals surface area contributed by atoms with Gasteiger partial charge in [0.05, 0.1) is 17.6 Å². The summed E-state index contributed by atoms with van der Waals surface area (Å²) in [6.45, 7) is 0. The van der Waals surface area contributed by atoms with Crippen molar-refractivity contribution in [3.05, 3.63) is 49.4 Å². The number of nitrogens with zero attached hydrogens (tertiary/aromatic N) is 2. The van der Waals surface area contributed by atoms with Gasteiger partial charge in [-0.15, -0.1) is 0 Å². The molecule has 0 aliphatic carbocycles. The molecule has 2 rings (SSSR count). The van der Waals surface area contributed by atoms with Crippen LogP contribution in [0.2, 0.25) is 0 Å². The maximum atomic E-state index is 11.4. The van der Waals surface area contributed by atoms with E-state index in [1.165, 1.54) is 6.33 Å². The van der Waals surface area contributed by atoms with Gasteiger partial charge in [0.2, 0.25) is 0 Å². The molecule has 1 heterocycles. The van der Waals surface area contributed by atoms with E-state index < -0.39 is 0 Å². The lowest BCUT2D eigenvalue weighted by atomic mass is 10.2. The molecular weight excluding hydrogens is 364 g/mol. The average Bonchev–Trinajstić information content (AvgIpc) is 2.35. The number of aromatic amines is 1. The number of hydrogen-bond acceptors (Lipinski definition) is 4. The Kier molecular flexibility index (Phi) is 3.79. The van der Waals surface area contributed by atoms with Crippen LogP contribution in [0.25, 0.3) is 0 Å². The van der Waals surface area contributed by atoms with E-state index in [4.69, 9.17) is 5.26 Å². The van der Waals surface area contributed by atoms with Crippen LogP contribution in [0.4, 0.5) is 11.5 Å². The zero-order chi connectivity index (χ0) is 13.1. The Labute approximate surface area is 119 Å². The van der Waals surface area contributed by atoms with Crippen molar-refractivity contribution in [3.8, 4) is 6.07 Å². The lowest BCUT2D eigenvalue weighted by Gasteiger charge is -2.08. The number of anilines is 2. The van der Waals surface area contributed by atoms with E-state index in [2.05, 4.69) is 53.2 Å². The number of hydrogen-bond donors (Lipinski definition) is 2. The molecule has 1 aromatic heterocycles. The van der Waals surface area contributed by atoms with Crippen LogP contribution < -0.4 is 10.9 Å². The van der Waals surface area contributed by atoms with E-state index in [1.807, 2.05) is 0 Å². The second-order valence-corrected chi connectivity index (χ2v) is 5.03. The summed E-state index contributed by atoms with van der Waals surface area (Å²) in [6, 6.07) is 7.25. The minimum absolute atomic E-state index is 0.286. The van der Waals surface area contributed by atoms with Gasteiger partial charge in [0.1, 0.15) is 10.5 Å². The van der Waals surface area contributed by atoms with Crippen LogP contribution >= 0.6 is 31.9 Å². The molecule has 7 heteroatoms. The fraction of sp³-hybridized carbons (Fsp3) is 0. The minimum atomic E-state index is -0.291. The Balaban J connectivity index is 2.46. The van der Waals surface area contributed by atoms with Crippen LogP contribution in [0, 0.1) is 11.3 Å². The summed E-state index contributed by atoms with van der Waals surface area (Å²) < 4.78 is 1.11. The third-order valence-corrected chi connectivity index (χ3v) is 3.38. The molecule has 0 bridgehead atoms. The summed E-state index contributed by atoms with van der Waals surface area (Å²) >= 11 is 6.46. The number of benzene rings is 1. The van der Waals surface area contributed by atoms with Crippen LogP contribution in [0.5, 0.6) is 0 Å². The van der Waals surface area contributed by atoms with Crippen molar-refractivity contribution in [3.63, 3.8) is 0 Å². The fourth-order valence-corrected chi connectivity index (χ4v) is 1.99. The lowest BCUT2D eigenvalue weighted by Crippen LogP contribution is -2.10. The van der Waals surface area contributed by atoms with Crippen molar-refractivity contribution < 1.29 is 0 Å². The Bertz CT molecular complexity index is 690. The van der Waals surface area contributed by atoms with Crippen molar-refractivity contribution in [1.29, 1.82) is 5.26 Å². The number of aromatic nitrogens is 2. The summed E-state index contributed by atoms with van der Waals surface area (Å²) in [5.41, 5.74) is 0.749. The first-order valence-electron chi connectivity index (χ1n) is 4.81. The molecule has 0 saturated carbocycles. The molecule has 2 aromatic rings. The predicted octanol–water partition coefficient (Wildman–Crippen LogP) is 2.91. The molecule has 0 spiro atoms. The van der Waals surface area contributed by atoms with Gasteiger partial charge >= 0.3 is 0 Å². The van der Waals surface area contributed by atoms with E-state index >= 15 is 0 Å². The standard InChI is InChI=1S/C11H6Br2N4O/c12-7-2-1-6(4-14)8(3-7)17-10-9(13)11(18)16-5-15-10/h1-3,5H,(H2,15,16,17,18). The molecule has 0 saturated heterocycles. The molecule has 90 valence electrons. The zero-order valence-corrected chi connectivity index (χ0v) is 12.0. The van der Waals surface area contributed by atoms with Crippen LogP contribution in [0.3, 0.4) is 0 Å². The van der Waals surface area contributed by atoms with E-state index in [0.29, 0.717) is 17.1 Å². The predicted molar refractivity (Wildman–Crippen MR) is 74.7 cm³/mol. The van der Waals surface area contributed by atoms with Gasteiger partial charge in [-0.05, 0) is 34.1 Å². The van der Waals surface area contributed by atoms with Crippen molar-refractivity contribution >= 4 is 43.4 Å². The highest BCUT2D eigenvalue weighted by Crippen LogP contribution is 2.25. The second kappa shape index (κ2) is 5.33. The van der Waals surface area contributed by atoms with Gasteiger partial charge in [0.15, 0.2) is 5.82 Å². The number of rotatable bonds is 2. The Morgan fingerprint density at radius 3 is 2.89 bits per heavy atom. The SMILES string of the molecule is N#Cc1ccc(Br)cc1Nc1nc[nH]c(=O)c1Br. The van der Waals surface area contributed by atoms with Gasteiger partial charge in [-0.1, -0.05) is 15.9 Å². The highest BCUT2D eigenvalue weighted by atomic mass is 79.9. The van der Waals surface area contributed by atoms with E-state index in [9.17, 15) is 4.79 Å². The smallest absolute Gasteiger partial charge is 0.267 e. The normalized spacial score (nSPS) is 9.83. The van der Waals surface area contributed by atoms with Gasteiger partial charge in [0.25, 0.3) is 5.56 Å². The largest absolute Gasteiger partial charge is 0.338 e. The van der Waals surface area contributed by atoms with Gasteiger partial charge in [-0.2, -0.15) is 5.26 Å². The molecule has 0 unspecified atom stereocenters. The molecule has 0 amide bonds. The Morgan fingerprint density at radius 2 is 2.17 bits per heavy atom. The molecule has 0 aliphatic rings. The van der Waals surface area contributed by atoms with Crippen molar-refractivity contribution in [2.24, 2.45) is 0 Å². The Morgan fingerprint density at radius 1 is 1.39 bits per heavy atom. The van der Waals surface area contributed by atoms with E-state index in [1.54, 1.807) is 18.2 Å². The topological polar surface area (TPSA) is 81.6 Å².